The highest BCUT2D eigenvalue weighted by molar-refractivity contribution is 8.14. The Labute approximate surface area is 286 Å². The Morgan fingerprint density at radius 3 is 2.17 bits per heavy atom. The van der Waals surface area contributed by atoms with Crippen molar-refractivity contribution in [3.8, 4) is 0 Å². The molecule has 0 aromatic carbocycles. The Bertz CT molecular complexity index is 1130. The van der Waals surface area contributed by atoms with Crippen molar-refractivity contribution in [1.82, 2.24) is 0 Å². The lowest BCUT2D eigenvalue weighted by Gasteiger charge is -2.46. The van der Waals surface area contributed by atoms with Crippen molar-refractivity contribution in [3.63, 3.8) is 0 Å². The number of carbonyl (C=O) groups is 3. The molecule has 4 rings (SSSR count). The van der Waals surface area contributed by atoms with Crippen molar-refractivity contribution in [2.45, 2.75) is 141 Å². The predicted octanol–water partition coefficient (Wildman–Crippen LogP) is 8.44. The lowest BCUT2D eigenvalue weighted by Crippen LogP contribution is -2.49. The van der Waals surface area contributed by atoms with Gasteiger partial charge in [-0.2, -0.15) is 11.8 Å². The first-order chi connectivity index (χ1) is 22.1. The summed E-state index contributed by atoms with van der Waals surface area (Å²) in [4.78, 5) is 41.4. The van der Waals surface area contributed by atoms with Crippen molar-refractivity contribution < 1.29 is 33.3 Å². The number of rotatable bonds is 17. The molecular weight excluding hydrogens is 621 g/mol. The van der Waals surface area contributed by atoms with E-state index in [1.54, 1.807) is 11.8 Å². The summed E-state index contributed by atoms with van der Waals surface area (Å²) in [7, 11) is 2.66. The molecule has 7 nitrogen and oxygen atoms in total. The highest BCUT2D eigenvalue weighted by Gasteiger charge is 2.62. The van der Waals surface area contributed by atoms with Crippen LogP contribution in [0.15, 0.2) is 22.8 Å². The van der Waals surface area contributed by atoms with Crippen LogP contribution in [0.3, 0.4) is 0 Å². The Kier molecular flexibility index (Phi) is 13.8. The molecule has 0 unspecified atom stereocenters. The molecule has 260 valence electrons. The zero-order valence-corrected chi connectivity index (χ0v) is 31.0. The number of ether oxygens (including phenoxy) is 4. The van der Waals surface area contributed by atoms with Crippen molar-refractivity contribution >= 4 is 40.6 Å². The van der Waals surface area contributed by atoms with Gasteiger partial charge in [-0.05, 0) is 61.8 Å². The molecule has 1 saturated heterocycles. The van der Waals surface area contributed by atoms with Gasteiger partial charge in [0.05, 0.1) is 26.4 Å². The van der Waals surface area contributed by atoms with E-state index in [1.165, 1.54) is 58.1 Å². The normalized spacial score (nSPS) is 29.7. The zero-order chi connectivity index (χ0) is 33.5. The summed E-state index contributed by atoms with van der Waals surface area (Å²) in [5.74, 6) is -0.208. The molecule has 6 atom stereocenters. The SMILES string of the molecule is CCCCCCCC[C@H]1C=C2[C@@H](SCC)[C@@H](C3=C(CC2(C(=O)OC)C(=O)OC)C(=O)SC3)[C@@H]1C[C@@H]1OC(C)(C)O[C@H]1CCCCC. The summed E-state index contributed by atoms with van der Waals surface area (Å²) in [6, 6.07) is 0. The summed E-state index contributed by atoms with van der Waals surface area (Å²) in [5, 5.41) is -0.187. The molecule has 0 saturated carbocycles. The van der Waals surface area contributed by atoms with Crippen molar-refractivity contribution in [1.29, 1.82) is 0 Å². The summed E-state index contributed by atoms with van der Waals surface area (Å²) in [6.45, 7) is 10.6. The molecule has 0 N–H and O–H groups in total. The molecular formula is C37H58O7S2. The summed E-state index contributed by atoms with van der Waals surface area (Å²) >= 11 is 3.08. The fraction of sp³-hybridized carbons (Fsp3) is 0.811. The van der Waals surface area contributed by atoms with Gasteiger partial charge < -0.3 is 18.9 Å². The maximum atomic E-state index is 13.9. The second-order valence-corrected chi connectivity index (χ2v) is 16.4. The first-order valence-corrected chi connectivity index (χ1v) is 19.9. The molecule has 2 aliphatic heterocycles. The molecule has 9 heteroatoms. The van der Waals surface area contributed by atoms with E-state index in [9.17, 15) is 14.4 Å². The molecule has 1 fully saturated rings. The number of hydrogen-bond acceptors (Lipinski definition) is 9. The topological polar surface area (TPSA) is 88.1 Å². The number of fused-ring (bicyclic) bond motifs is 3. The van der Waals surface area contributed by atoms with Gasteiger partial charge in [0, 0.05) is 28.9 Å². The van der Waals surface area contributed by atoms with Gasteiger partial charge in [0.25, 0.3) is 0 Å². The maximum Gasteiger partial charge on any atom is 0.327 e. The number of esters is 2. The van der Waals surface area contributed by atoms with Gasteiger partial charge in [-0.25, -0.2) is 0 Å². The van der Waals surface area contributed by atoms with Crippen molar-refractivity contribution in [3.05, 3.63) is 22.8 Å². The third kappa shape index (κ3) is 7.94. The minimum atomic E-state index is -1.67. The molecule has 2 bridgehead atoms. The van der Waals surface area contributed by atoms with Gasteiger partial charge in [-0.3, -0.25) is 14.4 Å². The number of thioether (sulfide) groups is 2. The summed E-state index contributed by atoms with van der Waals surface area (Å²) < 4.78 is 24.0. The van der Waals surface area contributed by atoms with Gasteiger partial charge >= 0.3 is 11.9 Å². The van der Waals surface area contributed by atoms with E-state index >= 15 is 0 Å². The molecule has 0 aromatic rings. The van der Waals surface area contributed by atoms with E-state index in [2.05, 4.69) is 26.8 Å². The van der Waals surface area contributed by atoms with Crippen LogP contribution in [0, 0.1) is 23.2 Å². The summed E-state index contributed by atoms with van der Waals surface area (Å²) in [5.41, 5.74) is 0.837. The van der Waals surface area contributed by atoms with Crippen LogP contribution in [0.4, 0.5) is 0 Å². The molecule has 0 amide bonds. The molecule has 2 heterocycles. The molecule has 0 aromatic heterocycles. The van der Waals surface area contributed by atoms with E-state index in [0.717, 1.165) is 61.8 Å². The Morgan fingerprint density at radius 2 is 1.52 bits per heavy atom. The fourth-order valence-electron chi connectivity index (χ4n) is 8.44. The van der Waals surface area contributed by atoms with Crippen LogP contribution >= 0.6 is 23.5 Å². The van der Waals surface area contributed by atoms with Gasteiger partial charge in [0.15, 0.2) is 11.2 Å². The molecule has 0 radical (unpaired) electrons. The second-order valence-electron chi connectivity index (χ2n) is 14.0. The Hall–Kier alpha value is -1.29. The van der Waals surface area contributed by atoms with Gasteiger partial charge in [0.2, 0.25) is 5.12 Å². The third-order valence-electron chi connectivity index (χ3n) is 10.6. The quantitative estimate of drug-likeness (QED) is 0.0651. The van der Waals surface area contributed by atoms with Crippen LogP contribution in [0.1, 0.15) is 118 Å². The first-order valence-electron chi connectivity index (χ1n) is 17.8. The highest BCUT2D eigenvalue weighted by atomic mass is 32.2. The number of hydrogen-bond donors (Lipinski definition) is 0. The fourth-order valence-corrected chi connectivity index (χ4v) is 10.9. The van der Waals surface area contributed by atoms with Crippen LogP contribution in [-0.4, -0.2) is 66.0 Å². The number of allylic oxidation sites excluding steroid dienone is 1. The van der Waals surface area contributed by atoms with E-state index in [1.807, 2.05) is 13.8 Å². The van der Waals surface area contributed by atoms with Gasteiger partial charge in [-0.1, -0.05) is 96.4 Å². The maximum absolute atomic E-state index is 13.9. The Balaban J connectivity index is 1.84. The molecule has 46 heavy (non-hydrogen) atoms. The molecule has 4 aliphatic rings. The van der Waals surface area contributed by atoms with Crippen molar-refractivity contribution in [2.75, 3.05) is 25.7 Å². The van der Waals surface area contributed by atoms with Crippen molar-refractivity contribution in [2.24, 2.45) is 23.2 Å². The lowest BCUT2D eigenvalue weighted by molar-refractivity contribution is -0.166. The third-order valence-corrected chi connectivity index (χ3v) is 12.8. The van der Waals surface area contributed by atoms with E-state index in [4.69, 9.17) is 18.9 Å². The Morgan fingerprint density at radius 1 is 0.913 bits per heavy atom. The number of methoxy groups -OCH3 is 2. The second kappa shape index (κ2) is 16.9. The first kappa shape index (κ1) is 37.5. The monoisotopic (exact) mass is 678 g/mol. The average Bonchev–Trinajstić information content (AvgIpc) is 3.51. The number of unbranched alkanes of at least 4 members (excludes halogenated alkanes) is 7. The molecule has 0 spiro atoms. The lowest BCUT2D eigenvalue weighted by atomic mass is 9.63. The minimum absolute atomic E-state index is 0.00277. The zero-order valence-electron chi connectivity index (χ0n) is 29.3. The van der Waals surface area contributed by atoms with Crippen LogP contribution in [0.2, 0.25) is 0 Å². The van der Waals surface area contributed by atoms with E-state index in [-0.39, 0.29) is 46.7 Å². The van der Waals surface area contributed by atoms with E-state index in [0.29, 0.717) is 11.3 Å². The predicted molar refractivity (Wildman–Crippen MR) is 187 cm³/mol. The average molecular weight is 679 g/mol. The van der Waals surface area contributed by atoms with Crippen LogP contribution < -0.4 is 0 Å². The van der Waals surface area contributed by atoms with E-state index < -0.39 is 23.1 Å². The van der Waals surface area contributed by atoms with Crippen LogP contribution in [0.25, 0.3) is 0 Å². The summed E-state index contributed by atoms with van der Waals surface area (Å²) in [6.07, 6.45) is 15.5. The largest absolute Gasteiger partial charge is 0.468 e. The van der Waals surface area contributed by atoms with Crippen LogP contribution in [0.5, 0.6) is 0 Å². The van der Waals surface area contributed by atoms with Gasteiger partial charge in [0.1, 0.15) is 0 Å². The highest BCUT2D eigenvalue weighted by Crippen LogP contribution is 2.59. The smallest absolute Gasteiger partial charge is 0.327 e. The van der Waals surface area contributed by atoms with Gasteiger partial charge in [-0.15, -0.1) is 0 Å². The number of carbonyl (C=O) groups excluding carboxylic acids is 3. The molecule has 2 aliphatic carbocycles. The standard InChI is InChI=1S/C37H58O7S2/c1-8-11-13-14-15-17-18-24-20-28-32(45-10-3)31(25(24)21-30-29(19-16-12-9-2)43-36(4,5)44-30)27-23-46-33(38)26(27)22-37(28,34(39)41-6)35(40)42-7/h20,24-25,29-32H,8-19,21-23H2,1-7H3/t24-,25+,29-,30-,31+,32+/m0/s1. The minimum Gasteiger partial charge on any atom is -0.468 e. The van der Waals surface area contributed by atoms with Crippen LogP contribution in [-0.2, 0) is 33.3 Å².